The second kappa shape index (κ2) is 6.24. The fourth-order valence-electron chi connectivity index (χ4n) is 3.29. The van der Waals surface area contributed by atoms with Crippen LogP contribution in [0.15, 0.2) is 53.3 Å². The van der Waals surface area contributed by atoms with Gasteiger partial charge in [-0.25, -0.2) is 4.98 Å². The predicted octanol–water partition coefficient (Wildman–Crippen LogP) is 4.50. The number of aryl methyl sites for hydroxylation is 1. The number of aromatic nitrogens is 5. The first-order chi connectivity index (χ1) is 13.6. The van der Waals surface area contributed by atoms with Gasteiger partial charge in [0.05, 0.1) is 21.6 Å². The van der Waals surface area contributed by atoms with Crippen molar-refractivity contribution in [2.75, 3.05) is 5.32 Å². The number of hydrogen-bond donors (Lipinski definition) is 4. The largest absolute Gasteiger partial charge is 0.323 e. The molecule has 0 saturated heterocycles. The highest BCUT2D eigenvalue weighted by Crippen LogP contribution is 2.34. The molecule has 5 rings (SSSR count). The van der Waals surface area contributed by atoms with Crippen molar-refractivity contribution in [2.45, 2.75) is 6.92 Å². The quantitative estimate of drug-likeness (QED) is 0.364. The maximum absolute atomic E-state index is 12.0. The van der Waals surface area contributed by atoms with Gasteiger partial charge in [-0.05, 0) is 30.5 Å². The summed E-state index contributed by atoms with van der Waals surface area (Å²) in [4.78, 5) is 16.8. The maximum atomic E-state index is 12.0. The van der Waals surface area contributed by atoms with E-state index in [1.165, 1.54) is 0 Å². The third-order valence-corrected chi connectivity index (χ3v) is 4.94. The number of pyridine rings is 1. The highest BCUT2D eigenvalue weighted by atomic mass is 35.5. The lowest BCUT2D eigenvalue weighted by Crippen LogP contribution is -1.99. The lowest BCUT2D eigenvalue weighted by Gasteiger charge is -2.11. The Hall–Kier alpha value is -3.58. The summed E-state index contributed by atoms with van der Waals surface area (Å²) in [6.07, 6.45) is 0. The van der Waals surface area contributed by atoms with E-state index >= 15 is 0 Å². The molecule has 0 radical (unpaired) electrons. The van der Waals surface area contributed by atoms with E-state index in [9.17, 15) is 4.79 Å². The van der Waals surface area contributed by atoms with Crippen LogP contribution in [0.3, 0.4) is 0 Å². The Morgan fingerprint density at radius 2 is 1.89 bits per heavy atom. The normalized spacial score (nSPS) is 11.4. The molecule has 0 saturated carbocycles. The van der Waals surface area contributed by atoms with Crippen LogP contribution in [0.25, 0.3) is 32.9 Å². The van der Waals surface area contributed by atoms with Gasteiger partial charge in [0.1, 0.15) is 5.82 Å². The summed E-state index contributed by atoms with van der Waals surface area (Å²) in [5.41, 5.74) is 2.76. The molecule has 3 aromatic heterocycles. The SMILES string of the molecule is Cc1cc(Nc2nc(-c3cc4c(=O)[nH][nH]c4cc3Cl)cc3ccccc23)n[nH]1. The minimum Gasteiger partial charge on any atom is -0.323 e. The Morgan fingerprint density at radius 1 is 1.04 bits per heavy atom. The summed E-state index contributed by atoms with van der Waals surface area (Å²) >= 11 is 6.50. The molecule has 5 aromatic rings. The molecule has 0 aliphatic heterocycles. The Kier molecular flexibility index (Phi) is 3.70. The van der Waals surface area contributed by atoms with Crippen LogP contribution >= 0.6 is 11.6 Å². The lowest BCUT2D eigenvalue weighted by atomic mass is 10.0. The van der Waals surface area contributed by atoms with Crippen LogP contribution in [0.4, 0.5) is 11.6 Å². The minimum absolute atomic E-state index is 0.195. The number of nitrogens with zero attached hydrogens (tertiary/aromatic N) is 2. The summed E-state index contributed by atoms with van der Waals surface area (Å²) in [7, 11) is 0. The number of nitrogens with one attached hydrogen (secondary N) is 4. The fraction of sp³-hybridized carbons (Fsp3) is 0.0500. The molecule has 0 bridgehead atoms. The standard InChI is InChI=1S/C20H15ClN6O/c1-10-6-18(26-24-10)23-19-12-5-3-2-4-11(12)7-16(22-19)13-8-14-17(9-15(13)21)25-27-20(14)28/h2-9H,1H3,(H2,25,27,28)(H2,22,23,24,26). The van der Waals surface area contributed by atoms with Crippen LogP contribution < -0.4 is 10.9 Å². The van der Waals surface area contributed by atoms with Crippen molar-refractivity contribution in [3.05, 3.63) is 69.6 Å². The summed E-state index contributed by atoms with van der Waals surface area (Å²) < 4.78 is 0. The van der Waals surface area contributed by atoms with Crippen LogP contribution in [-0.4, -0.2) is 25.4 Å². The second-order valence-electron chi connectivity index (χ2n) is 6.60. The maximum Gasteiger partial charge on any atom is 0.271 e. The number of aromatic amines is 3. The van der Waals surface area contributed by atoms with Crippen molar-refractivity contribution in [1.82, 2.24) is 25.4 Å². The monoisotopic (exact) mass is 390 g/mol. The molecule has 0 unspecified atom stereocenters. The highest BCUT2D eigenvalue weighted by Gasteiger charge is 2.14. The van der Waals surface area contributed by atoms with Crippen molar-refractivity contribution in [2.24, 2.45) is 0 Å². The molecule has 0 amide bonds. The van der Waals surface area contributed by atoms with Gasteiger partial charge >= 0.3 is 0 Å². The number of H-pyrrole nitrogens is 3. The number of rotatable bonds is 3. The second-order valence-corrected chi connectivity index (χ2v) is 7.00. The van der Waals surface area contributed by atoms with E-state index in [4.69, 9.17) is 16.6 Å². The Balaban J connectivity index is 1.73. The number of anilines is 2. The zero-order valence-corrected chi connectivity index (χ0v) is 15.6. The third-order valence-electron chi connectivity index (χ3n) is 4.63. The Bertz CT molecular complexity index is 1400. The summed E-state index contributed by atoms with van der Waals surface area (Å²) in [5.74, 6) is 1.34. The first-order valence-electron chi connectivity index (χ1n) is 8.67. The molecule has 4 N–H and O–H groups in total. The Morgan fingerprint density at radius 3 is 2.71 bits per heavy atom. The predicted molar refractivity (Wildman–Crippen MR) is 111 cm³/mol. The van der Waals surface area contributed by atoms with Gasteiger partial charge in [-0.3, -0.25) is 20.1 Å². The number of benzene rings is 2. The molecular weight excluding hydrogens is 376 g/mol. The van der Waals surface area contributed by atoms with Gasteiger partial charge in [0.2, 0.25) is 0 Å². The minimum atomic E-state index is -0.195. The smallest absolute Gasteiger partial charge is 0.271 e. The van der Waals surface area contributed by atoms with E-state index in [0.29, 0.717) is 38.8 Å². The van der Waals surface area contributed by atoms with Crippen LogP contribution in [0.1, 0.15) is 5.69 Å². The van der Waals surface area contributed by atoms with E-state index < -0.39 is 0 Å². The summed E-state index contributed by atoms with van der Waals surface area (Å²) in [5, 5.41) is 18.8. The molecule has 0 spiro atoms. The molecule has 3 heterocycles. The lowest BCUT2D eigenvalue weighted by molar-refractivity contribution is 1.05. The molecular formula is C20H15ClN6O. The molecule has 0 atom stereocenters. The van der Waals surface area contributed by atoms with Crippen molar-refractivity contribution in [3.63, 3.8) is 0 Å². The molecule has 0 aliphatic carbocycles. The molecule has 0 aliphatic rings. The number of hydrogen-bond acceptors (Lipinski definition) is 4. The van der Waals surface area contributed by atoms with Crippen LogP contribution in [0.5, 0.6) is 0 Å². The highest BCUT2D eigenvalue weighted by molar-refractivity contribution is 6.34. The topological polar surface area (TPSA) is 102 Å². The fourth-order valence-corrected chi connectivity index (χ4v) is 3.55. The van der Waals surface area contributed by atoms with Crippen molar-refractivity contribution in [3.8, 4) is 11.3 Å². The van der Waals surface area contributed by atoms with E-state index in [2.05, 4.69) is 25.7 Å². The van der Waals surface area contributed by atoms with Crippen molar-refractivity contribution >= 4 is 44.9 Å². The number of halogens is 1. The van der Waals surface area contributed by atoms with E-state index in [1.54, 1.807) is 12.1 Å². The van der Waals surface area contributed by atoms with Crippen LogP contribution in [0, 0.1) is 6.92 Å². The average Bonchev–Trinajstić information content (AvgIpc) is 3.26. The van der Waals surface area contributed by atoms with Gasteiger partial charge in [-0.1, -0.05) is 35.9 Å². The molecule has 7 nitrogen and oxygen atoms in total. The molecule has 2 aromatic carbocycles. The Labute approximate surface area is 163 Å². The molecule has 8 heteroatoms. The van der Waals surface area contributed by atoms with Crippen LogP contribution in [-0.2, 0) is 0 Å². The first-order valence-corrected chi connectivity index (χ1v) is 9.05. The van der Waals surface area contributed by atoms with Gasteiger partial charge in [-0.15, -0.1) is 0 Å². The molecule has 28 heavy (non-hydrogen) atoms. The van der Waals surface area contributed by atoms with Gasteiger partial charge < -0.3 is 5.32 Å². The number of fused-ring (bicyclic) bond motifs is 2. The summed E-state index contributed by atoms with van der Waals surface area (Å²) in [6.45, 7) is 1.93. The van der Waals surface area contributed by atoms with E-state index in [1.807, 2.05) is 43.3 Å². The van der Waals surface area contributed by atoms with Gasteiger partial charge in [-0.2, -0.15) is 5.10 Å². The first kappa shape index (κ1) is 16.6. The molecule has 138 valence electrons. The van der Waals surface area contributed by atoms with Crippen molar-refractivity contribution in [1.29, 1.82) is 0 Å². The van der Waals surface area contributed by atoms with Gasteiger partial charge in [0.25, 0.3) is 5.56 Å². The average molecular weight is 391 g/mol. The summed E-state index contributed by atoms with van der Waals surface area (Å²) in [6, 6.07) is 15.3. The third kappa shape index (κ3) is 2.73. The van der Waals surface area contributed by atoms with Gasteiger partial charge in [0, 0.05) is 22.7 Å². The van der Waals surface area contributed by atoms with E-state index in [-0.39, 0.29) is 5.56 Å². The van der Waals surface area contributed by atoms with Crippen LogP contribution in [0.2, 0.25) is 5.02 Å². The molecule has 0 fully saturated rings. The zero-order valence-electron chi connectivity index (χ0n) is 14.8. The van der Waals surface area contributed by atoms with Crippen molar-refractivity contribution < 1.29 is 0 Å². The van der Waals surface area contributed by atoms with Gasteiger partial charge in [0.15, 0.2) is 5.82 Å². The zero-order chi connectivity index (χ0) is 19.3. The van der Waals surface area contributed by atoms with E-state index in [0.717, 1.165) is 16.5 Å².